The Bertz CT molecular complexity index is 625. The second-order valence-electron chi connectivity index (χ2n) is 5.36. The molecule has 104 valence electrons. The number of nitrogens with two attached hydrogens (primary N) is 1. The Morgan fingerprint density at radius 3 is 3.00 bits per heavy atom. The van der Waals surface area contributed by atoms with Gasteiger partial charge in [0.2, 0.25) is 0 Å². The maximum absolute atomic E-state index is 5.83. The van der Waals surface area contributed by atoms with Gasteiger partial charge < -0.3 is 0 Å². The van der Waals surface area contributed by atoms with Gasteiger partial charge in [-0.15, -0.1) is 0 Å². The Kier molecular flexibility index (Phi) is 3.46. The summed E-state index contributed by atoms with van der Waals surface area (Å²) in [6, 6.07) is 6.24. The third kappa shape index (κ3) is 2.19. The van der Waals surface area contributed by atoms with Crippen LogP contribution in [-0.4, -0.2) is 15.2 Å². The summed E-state index contributed by atoms with van der Waals surface area (Å²) in [5.74, 6) is 6.13. The highest BCUT2D eigenvalue weighted by molar-refractivity contribution is 5.34. The number of fused-ring (bicyclic) bond motifs is 1. The minimum absolute atomic E-state index is 0.0281. The molecule has 2 aromatic heterocycles. The topological polar surface area (TPSA) is 76.7 Å². The third-order valence-electron chi connectivity index (χ3n) is 4.06. The molecule has 20 heavy (non-hydrogen) atoms. The Labute approximate surface area is 118 Å². The monoisotopic (exact) mass is 269 g/mol. The summed E-state index contributed by atoms with van der Waals surface area (Å²) in [5, 5.41) is 8.30. The Balaban J connectivity index is 2.01. The predicted octanol–water partition coefficient (Wildman–Crippen LogP) is 1.72. The zero-order valence-electron chi connectivity index (χ0n) is 11.8. The van der Waals surface area contributed by atoms with Crippen LogP contribution in [-0.2, 0) is 6.42 Å². The average Bonchev–Trinajstić information content (AvgIpc) is 2.88. The lowest BCUT2D eigenvalue weighted by Crippen LogP contribution is -2.33. The van der Waals surface area contributed by atoms with E-state index in [-0.39, 0.29) is 6.04 Å². The van der Waals surface area contributed by atoms with Crippen molar-refractivity contribution in [2.75, 3.05) is 0 Å². The number of rotatable bonds is 3. The lowest BCUT2D eigenvalue weighted by atomic mass is 9.90. The summed E-state index contributed by atoms with van der Waals surface area (Å²) < 4.78 is 0. The van der Waals surface area contributed by atoms with Gasteiger partial charge in [0.1, 0.15) is 0 Å². The van der Waals surface area contributed by atoms with Crippen LogP contribution in [0.1, 0.15) is 46.6 Å². The fourth-order valence-corrected chi connectivity index (χ4v) is 3.08. The van der Waals surface area contributed by atoms with Crippen LogP contribution in [0.2, 0.25) is 0 Å². The molecule has 0 amide bonds. The van der Waals surface area contributed by atoms with E-state index in [4.69, 9.17) is 5.84 Å². The number of hydrazine groups is 1. The standard InChI is InChI=1S/C15H19N5/c1-9-8-13(10(2)20-19-9)15(18-16)12-6-5-11-4-3-7-17-14(11)12/h3-4,7-8,12,15,18H,5-6,16H2,1-2H3. The molecule has 2 unspecified atom stereocenters. The molecule has 5 heteroatoms. The molecule has 1 aliphatic carbocycles. The number of nitrogens with one attached hydrogen (secondary N) is 1. The van der Waals surface area contributed by atoms with E-state index in [1.54, 1.807) is 0 Å². The highest BCUT2D eigenvalue weighted by Gasteiger charge is 2.32. The summed E-state index contributed by atoms with van der Waals surface area (Å²) >= 11 is 0. The van der Waals surface area contributed by atoms with Gasteiger partial charge in [-0.2, -0.15) is 10.2 Å². The van der Waals surface area contributed by atoms with Gasteiger partial charge in [-0.1, -0.05) is 6.07 Å². The second kappa shape index (κ2) is 5.26. The first-order valence-corrected chi connectivity index (χ1v) is 6.91. The van der Waals surface area contributed by atoms with Crippen LogP contribution in [0.15, 0.2) is 24.4 Å². The Morgan fingerprint density at radius 1 is 1.35 bits per heavy atom. The van der Waals surface area contributed by atoms with Crippen LogP contribution in [0, 0.1) is 13.8 Å². The summed E-state index contributed by atoms with van der Waals surface area (Å²) in [4.78, 5) is 4.56. The van der Waals surface area contributed by atoms with E-state index in [0.717, 1.165) is 35.5 Å². The van der Waals surface area contributed by atoms with Crippen molar-refractivity contribution in [3.8, 4) is 0 Å². The van der Waals surface area contributed by atoms with E-state index < -0.39 is 0 Å². The predicted molar refractivity (Wildman–Crippen MR) is 76.9 cm³/mol. The van der Waals surface area contributed by atoms with Gasteiger partial charge in [0.15, 0.2) is 0 Å². The number of aryl methyl sites for hydroxylation is 3. The van der Waals surface area contributed by atoms with Gasteiger partial charge in [-0.25, -0.2) is 0 Å². The van der Waals surface area contributed by atoms with Gasteiger partial charge >= 0.3 is 0 Å². The average molecular weight is 269 g/mol. The maximum Gasteiger partial charge on any atom is 0.0648 e. The number of hydrogen-bond donors (Lipinski definition) is 2. The Morgan fingerprint density at radius 2 is 2.20 bits per heavy atom. The van der Waals surface area contributed by atoms with Crippen molar-refractivity contribution < 1.29 is 0 Å². The number of hydrogen-bond acceptors (Lipinski definition) is 5. The lowest BCUT2D eigenvalue weighted by molar-refractivity contribution is 0.442. The number of pyridine rings is 1. The van der Waals surface area contributed by atoms with Crippen molar-refractivity contribution in [1.29, 1.82) is 0 Å². The molecule has 0 saturated carbocycles. The Hall–Kier alpha value is -1.85. The maximum atomic E-state index is 5.83. The van der Waals surface area contributed by atoms with Crippen molar-refractivity contribution >= 4 is 0 Å². The number of aromatic nitrogens is 3. The molecular weight excluding hydrogens is 250 g/mol. The van der Waals surface area contributed by atoms with Gasteiger partial charge in [0, 0.05) is 17.8 Å². The van der Waals surface area contributed by atoms with Crippen LogP contribution in [0.4, 0.5) is 0 Å². The van der Waals surface area contributed by atoms with Crippen LogP contribution in [0.25, 0.3) is 0 Å². The van der Waals surface area contributed by atoms with Crippen LogP contribution in [0.3, 0.4) is 0 Å². The fourth-order valence-electron chi connectivity index (χ4n) is 3.08. The van der Waals surface area contributed by atoms with E-state index in [2.05, 4.69) is 32.7 Å². The molecule has 2 aromatic rings. The summed E-state index contributed by atoms with van der Waals surface area (Å²) in [7, 11) is 0. The van der Waals surface area contributed by atoms with Crippen LogP contribution < -0.4 is 11.3 Å². The molecule has 0 bridgehead atoms. The van der Waals surface area contributed by atoms with Gasteiger partial charge in [0.05, 0.1) is 17.4 Å². The fraction of sp³-hybridized carbons (Fsp3) is 0.400. The van der Waals surface area contributed by atoms with Crippen molar-refractivity contribution in [2.24, 2.45) is 5.84 Å². The van der Waals surface area contributed by atoms with E-state index in [9.17, 15) is 0 Å². The first-order chi connectivity index (χ1) is 9.70. The molecule has 2 atom stereocenters. The van der Waals surface area contributed by atoms with Crippen molar-refractivity contribution in [3.05, 3.63) is 52.6 Å². The quantitative estimate of drug-likeness (QED) is 0.655. The molecule has 5 nitrogen and oxygen atoms in total. The molecule has 0 aliphatic heterocycles. The van der Waals surface area contributed by atoms with Gasteiger partial charge in [-0.3, -0.25) is 16.3 Å². The normalized spacial score (nSPS) is 18.9. The van der Waals surface area contributed by atoms with E-state index in [1.165, 1.54) is 5.56 Å². The van der Waals surface area contributed by atoms with Crippen LogP contribution in [0.5, 0.6) is 0 Å². The smallest absolute Gasteiger partial charge is 0.0648 e. The lowest BCUT2D eigenvalue weighted by Gasteiger charge is -2.24. The molecule has 0 fully saturated rings. The molecule has 3 rings (SSSR count). The molecule has 0 radical (unpaired) electrons. The van der Waals surface area contributed by atoms with E-state index in [0.29, 0.717) is 5.92 Å². The third-order valence-corrected chi connectivity index (χ3v) is 4.06. The first kappa shape index (κ1) is 13.1. The largest absolute Gasteiger partial charge is 0.271 e. The molecular formula is C15H19N5. The highest BCUT2D eigenvalue weighted by Crippen LogP contribution is 2.40. The second-order valence-corrected chi connectivity index (χ2v) is 5.36. The molecule has 2 heterocycles. The minimum atomic E-state index is 0.0281. The van der Waals surface area contributed by atoms with E-state index in [1.807, 2.05) is 26.1 Å². The minimum Gasteiger partial charge on any atom is -0.271 e. The van der Waals surface area contributed by atoms with Crippen molar-refractivity contribution in [1.82, 2.24) is 20.6 Å². The van der Waals surface area contributed by atoms with E-state index >= 15 is 0 Å². The van der Waals surface area contributed by atoms with Crippen molar-refractivity contribution in [3.63, 3.8) is 0 Å². The van der Waals surface area contributed by atoms with Gasteiger partial charge in [0.25, 0.3) is 0 Å². The molecule has 3 N–H and O–H groups in total. The number of nitrogens with zero attached hydrogens (tertiary/aromatic N) is 3. The zero-order valence-corrected chi connectivity index (χ0v) is 11.8. The molecule has 0 saturated heterocycles. The summed E-state index contributed by atoms with van der Waals surface area (Å²) in [5.41, 5.74) is 8.39. The molecule has 1 aliphatic rings. The van der Waals surface area contributed by atoms with Crippen molar-refractivity contribution in [2.45, 2.75) is 38.6 Å². The first-order valence-electron chi connectivity index (χ1n) is 6.91. The van der Waals surface area contributed by atoms with Gasteiger partial charge in [-0.05, 0) is 49.9 Å². The highest BCUT2D eigenvalue weighted by atomic mass is 15.2. The molecule has 0 spiro atoms. The summed E-state index contributed by atoms with van der Waals surface area (Å²) in [6.07, 6.45) is 3.97. The summed E-state index contributed by atoms with van der Waals surface area (Å²) in [6.45, 7) is 3.92. The van der Waals surface area contributed by atoms with Crippen LogP contribution >= 0.6 is 0 Å². The molecule has 0 aromatic carbocycles. The SMILES string of the molecule is Cc1cc(C(NN)C2CCc3cccnc32)c(C)nn1. The zero-order chi connectivity index (χ0) is 14.1.